The second-order valence-electron chi connectivity index (χ2n) is 4.26. The van der Waals surface area contributed by atoms with Gasteiger partial charge in [-0.1, -0.05) is 35.9 Å². The van der Waals surface area contributed by atoms with E-state index in [4.69, 9.17) is 0 Å². The molecule has 0 spiro atoms. The first kappa shape index (κ1) is 14.6. The minimum atomic E-state index is -0.0533. The van der Waals surface area contributed by atoms with Crippen molar-refractivity contribution in [3.05, 3.63) is 60.2 Å². The number of rotatable bonds is 4. The third-order valence-corrected chi connectivity index (χ3v) is 6.28. The predicted molar refractivity (Wildman–Crippen MR) is 72.9 cm³/mol. The Morgan fingerprint density at radius 1 is 1.06 bits per heavy atom. The Bertz CT molecular complexity index is 326. The molecule has 0 heterocycles. The molecule has 1 aromatic carbocycles. The summed E-state index contributed by atoms with van der Waals surface area (Å²) in [7, 11) is 0. The maximum absolute atomic E-state index is 2.36. The van der Waals surface area contributed by atoms with Crippen molar-refractivity contribution in [1.82, 2.24) is 0 Å². The largest absolute Gasteiger partial charge is 0.0622 e. The van der Waals surface area contributed by atoms with Crippen molar-refractivity contribution in [2.75, 3.05) is 0 Å². The predicted octanol–water partition coefficient (Wildman–Crippen LogP) is 5.20. The molecular weight excluding hydrogens is 283 g/mol. The molecule has 0 atom stereocenters. The van der Waals surface area contributed by atoms with Crippen LogP contribution in [0.4, 0.5) is 0 Å². The van der Waals surface area contributed by atoms with Crippen LogP contribution in [0.25, 0.3) is 0 Å². The third-order valence-electron chi connectivity index (χ3n) is 2.60. The van der Waals surface area contributed by atoms with E-state index in [1.807, 2.05) is 18.2 Å². The molecule has 0 fully saturated rings. The summed E-state index contributed by atoms with van der Waals surface area (Å²) in [5.74, 6) is 0. The van der Waals surface area contributed by atoms with Gasteiger partial charge in [-0.05, 0) is 6.92 Å². The molecule has 0 N–H and O–H groups in total. The number of hydrogen-bond donors (Lipinski definition) is 0. The molecule has 2 rings (SSSR count). The molecule has 0 nitrogen and oxygen atoms in total. The van der Waals surface area contributed by atoms with Gasteiger partial charge in [-0.25, -0.2) is 0 Å². The van der Waals surface area contributed by atoms with E-state index in [0.717, 1.165) is 3.63 Å². The van der Waals surface area contributed by atoms with Crippen LogP contribution in [0.15, 0.2) is 54.6 Å². The minimum Gasteiger partial charge on any atom is -0.0622 e. The molecular formula is C16H22Zr. The second-order valence-corrected chi connectivity index (χ2v) is 8.13. The van der Waals surface area contributed by atoms with Crippen molar-refractivity contribution in [1.29, 1.82) is 0 Å². The summed E-state index contributed by atoms with van der Waals surface area (Å²) >= 11 is -0.0533. The second kappa shape index (κ2) is 9.60. The van der Waals surface area contributed by atoms with E-state index in [9.17, 15) is 0 Å². The molecule has 0 aliphatic heterocycles. The number of aryl methyl sites for hydroxylation is 1. The molecule has 1 aliphatic carbocycles. The van der Waals surface area contributed by atoms with Crippen LogP contribution >= 0.6 is 0 Å². The zero-order valence-electron chi connectivity index (χ0n) is 10.9. The smallest absolute Gasteiger partial charge is 0.0398 e. The standard InChI is InChI=1S/C7H8.C5H5.C4H9.Zr/c1-7-5-3-2-4-6-7;1-2-4-5-3-1;1-3-4-2;/h2-6H,1H3;1-5H;1,3-4H2,2H3;. The molecule has 0 saturated heterocycles. The molecule has 0 saturated carbocycles. The number of hydrogen-bond acceptors (Lipinski definition) is 0. The molecule has 0 bridgehead atoms. The average Bonchev–Trinajstić information content (AvgIpc) is 2.84. The fourth-order valence-electron chi connectivity index (χ4n) is 1.55. The SMILES string of the molecule is CCC[CH2][Zr][CH]1C=CC=C1.Cc1ccccc1. The van der Waals surface area contributed by atoms with Crippen LogP contribution in [0.3, 0.4) is 0 Å². The summed E-state index contributed by atoms with van der Waals surface area (Å²) in [4.78, 5) is 0. The first-order chi connectivity index (χ1) is 8.33. The van der Waals surface area contributed by atoms with Gasteiger partial charge in [-0.15, -0.1) is 0 Å². The van der Waals surface area contributed by atoms with Gasteiger partial charge in [-0.2, -0.15) is 0 Å². The van der Waals surface area contributed by atoms with E-state index < -0.39 is 0 Å². The monoisotopic (exact) mass is 304 g/mol. The van der Waals surface area contributed by atoms with E-state index in [0.29, 0.717) is 0 Å². The Labute approximate surface area is 117 Å². The van der Waals surface area contributed by atoms with Crippen molar-refractivity contribution >= 4 is 0 Å². The van der Waals surface area contributed by atoms with Gasteiger partial charge in [0.2, 0.25) is 0 Å². The van der Waals surface area contributed by atoms with E-state index in [1.54, 1.807) is 4.13 Å². The third kappa shape index (κ3) is 7.50. The molecule has 0 radical (unpaired) electrons. The normalized spacial score (nSPS) is 13.3. The summed E-state index contributed by atoms with van der Waals surface area (Å²) in [6.07, 6.45) is 11.9. The summed E-state index contributed by atoms with van der Waals surface area (Å²) < 4.78 is 2.48. The summed E-state index contributed by atoms with van der Waals surface area (Å²) in [5.41, 5.74) is 1.32. The zero-order chi connectivity index (χ0) is 12.3. The Hall–Kier alpha value is -0.417. The van der Waals surface area contributed by atoms with E-state index >= 15 is 0 Å². The van der Waals surface area contributed by atoms with Crippen LogP contribution < -0.4 is 0 Å². The number of allylic oxidation sites excluding steroid dienone is 4. The molecule has 0 amide bonds. The first-order valence-electron chi connectivity index (χ1n) is 6.43. The Balaban J connectivity index is 0.000000181. The van der Waals surface area contributed by atoms with Crippen LogP contribution in [0.2, 0.25) is 7.75 Å². The Kier molecular flexibility index (Phi) is 8.27. The minimum absolute atomic E-state index is 0.0533. The molecule has 90 valence electrons. The number of unbranched alkanes of at least 4 members (excludes halogenated alkanes) is 1. The van der Waals surface area contributed by atoms with Gasteiger partial charge >= 0.3 is 75.1 Å². The summed E-state index contributed by atoms with van der Waals surface area (Å²) in [6, 6.07) is 10.3. The fraction of sp³-hybridized carbons (Fsp3) is 0.375. The van der Waals surface area contributed by atoms with Gasteiger partial charge in [-0.3, -0.25) is 0 Å². The Morgan fingerprint density at radius 2 is 1.71 bits per heavy atom. The van der Waals surface area contributed by atoms with Crippen molar-refractivity contribution in [3.8, 4) is 0 Å². The molecule has 1 aromatic rings. The van der Waals surface area contributed by atoms with Crippen molar-refractivity contribution in [3.63, 3.8) is 0 Å². The van der Waals surface area contributed by atoms with Gasteiger partial charge in [0.25, 0.3) is 0 Å². The van der Waals surface area contributed by atoms with Crippen LogP contribution in [0.1, 0.15) is 25.3 Å². The molecule has 0 aromatic heterocycles. The van der Waals surface area contributed by atoms with Gasteiger partial charge in [0.05, 0.1) is 0 Å². The summed E-state index contributed by atoms with van der Waals surface area (Å²) in [6.45, 7) is 4.36. The maximum atomic E-state index is 2.36. The molecule has 1 aliphatic rings. The van der Waals surface area contributed by atoms with E-state index in [1.165, 1.54) is 18.4 Å². The molecule has 1 heteroatoms. The van der Waals surface area contributed by atoms with Gasteiger partial charge in [0, 0.05) is 0 Å². The van der Waals surface area contributed by atoms with Crippen molar-refractivity contribution in [2.45, 2.75) is 34.4 Å². The Morgan fingerprint density at radius 3 is 2.18 bits per heavy atom. The van der Waals surface area contributed by atoms with Crippen LogP contribution in [-0.2, 0) is 23.2 Å². The van der Waals surface area contributed by atoms with Crippen molar-refractivity contribution < 1.29 is 23.2 Å². The van der Waals surface area contributed by atoms with Crippen molar-refractivity contribution in [2.24, 2.45) is 0 Å². The molecule has 17 heavy (non-hydrogen) atoms. The quantitative estimate of drug-likeness (QED) is 0.671. The summed E-state index contributed by atoms with van der Waals surface area (Å²) in [5, 5.41) is 0. The first-order valence-corrected chi connectivity index (χ1v) is 9.58. The zero-order valence-corrected chi connectivity index (χ0v) is 13.4. The van der Waals surface area contributed by atoms with Gasteiger partial charge in [0.1, 0.15) is 0 Å². The van der Waals surface area contributed by atoms with Crippen LogP contribution in [0.5, 0.6) is 0 Å². The average molecular weight is 306 g/mol. The van der Waals surface area contributed by atoms with Crippen LogP contribution in [-0.4, -0.2) is 0 Å². The topological polar surface area (TPSA) is 0 Å². The maximum Gasteiger partial charge on any atom is -0.0398 e. The van der Waals surface area contributed by atoms with E-state index in [2.05, 4.69) is 50.3 Å². The number of benzene rings is 1. The van der Waals surface area contributed by atoms with E-state index in [-0.39, 0.29) is 23.2 Å². The van der Waals surface area contributed by atoms with Crippen LogP contribution in [0, 0.1) is 6.92 Å². The molecule has 0 unspecified atom stereocenters. The fourth-order valence-corrected chi connectivity index (χ4v) is 4.95. The van der Waals surface area contributed by atoms with Gasteiger partial charge in [0.15, 0.2) is 0 Å². The van der Waals surface area contributed by atoms with Gasteiger partial charge < -0.3 is 0 Å².